The third kappa shape index (κ3) is 5.31. The van der Waals surface area contributed by atoms with Gasteiger partial charge in [-0.1, -0.05) is 48.5 Å². The molecule has 2 amide bonds. The van der Waals surface area contributed by atoms with Crippen molar-refractivity contribution in [2.45, 2.75) is 37.5 Å². The van der Waals surface area contributed by atoms with Crippen LogP contribution in [0.1, 0.15) is 30.4 Å². The van der Waals surface area contributed by atoms with Gasteiger partial charge in [0.15, 0.2) is 6.04 Å². The summed E-state index contributed by atoms with van der Waals surface area (Å²) in [5, 5.41) is 12.3. The van der Waals surface area contributed by atoms with Gasteiger partial charge >= 0.3 is 12.1 Å². The van der Waals surface area contributed by atoms with E-state index in [4.69, 9.17) is 9.47 Å². The molecule has 9 heteroatoms. The summed E-state index contributed by atoms with van der Waals surface area (Å²) in [5.41, 5.74) is 4.46. The van der Waals surface area contributed by atoms with Crippen molar-refractivity contribution in [2.24, 2.45) is 0 Å². The van der Waals surface area contributed by atoms with Gasteiger partial charge in [-0.15, -0.1) is 0 Å². The van der Waals surface area contributed by atoms with E-state index >= 15 is 0 Å². The highest BCUT2D eigenvalue weighted by Gasteiger charge is 2.40. The van der Waals surface area contributed by atoms with Crippen LogP contribution >= 0.6 is 11.8 Å². The monoisotopic (exact) mass is 498 g/mol. The summed E-state index contributed by atoms with van der Waals surface area (Å²) in [6.45, 7) is 2.17. The molecule has 186 valence electrons. The maximum atomic E-state index is 13.3. The summed E-state index contributed by atoms with van der Waals surface area (Å²) in [6.07, 6.45) is 0.939. The smallest absolute Gasteiger partial charge is 0.407 e. The van der Waals surface area contributed by atoms with Gasteiger partial charge in [0.25, 0.3) is 0 Å². The molecule has 1 fully saturated rings. The van der Waals surface area contributed by atoms with Crippen molar-refractivity contribution < 1.29 is 29.0 Å². The van der Waals surface area contributed by atoms with Crippen molar-refractivity contribution in [3.05, 3.63) is 59.7 Å². The molecule has 4 rings (SSSR count). The molecule has 0 saturated carbocycles. The average Bonchev–Trinajstić information content (AvgIpc) is 3.18. The van der Waals surface area contributed by atoms with Crippen molar-refractivity contribution in [3.8, 4) is 11.1 Å². The number of carboxylic acid groups (broad SMARTS) is 1. The predicted octanol–water partition coefficient (Wildman–Crippen LogP) is 3.35. The van der Waals surface area contributed by atoms with E-state index in [1.165, 1.54) is 4.90 Å². The number of morpholine rings is 1. The van der Waals surface area contributed by atoms with Gasteiger partial charge in [-0.25, -0.2) is 9.59 Å². The van der Waals surface area contributed by atoms with E-state index in [1.54, 1.807) is 18.7 Å². The molecule has 3 atom stereocenters. The second-order valence-electron chi connectivity index (χ2n) is 8.69. The number of ether oxygens (including phenoxy) is 2. The number of hydrogen-bond donors (Lipinski definition) is 2. The third-order valence-electron chi connectivity index (χ3n) is 6.57. The summed E-state index contributed by atoms with van der Waals surface area (Å²) in [6, 6.07) is 14.1. The van der Waals surface area contributed by atoms with E-state index in [2.05, 4.69) is 17.4 Å². The Morgan fingerprint density at radius 3 is 2.37 bits per heavy atom. The molecule has 2 aromatic carbocycles. The minimum Gasteiger partial charge on any atom is -0.480 e. The number of aliphatic carboxylic acids is 1. The molecule has 2 aliphatic rings. The number of nitrogens with one attached hydrogen (secondary N) is 1. The molecule has 0 aromatic heterocycles. The molecule has 1 heterocycles. The van der Waals surface area contributed by atoms with Gasteiger partial charge in [-0.2, -0.15) is 11.8 Å². The Hall–Kier alpha value is -3.04. The molecule has 2 aromatic rings. The Morgan fingerprint density at radius 2 is 1.77 bits per heavy atom. The molecule has 0 spiro atoms. The van der Waals surface area contributed by atoms with E-state index in [-0.39, 0.29) is 25.7 Å². The van der Waals surface area contributed by atoms with Gasteiger partial charge in [0.05, 0.1) is 12.7 Å². The van der Waals surface area contributed by atoms with Crippen molar-refractivity contribution in [1.29, 1.82) is 0 Å². The van der Waals surface area contributed by atoms with Gasteiger partial charge in [0, 0.05) is 12.5 Å². The SMILES string of the molecule is CSCC[C@@H](NC(=O)OCC1c2ccccc2-c2ccccc21)C(=O)N1CCOC(C)C1C(=O)O. The fourth-order valence-corrected chi connectivity index (χ4v) is 5.35. The molecule has 1 saturated heterocycles. The van der Waals surface area contributed by atoms with Gasteiger partial charge < -0.3 is 24.8 Å². The predicted molar refractivity (Wildman–Crippen MR) is 134 cm³/mol. The number of carbonyl (C=O) groups is 3. The van der Waals surface area contributed by atoms with E-state index in [0.717, 1.165) is 22.3 Å². The van der Waals surface area contributed by atoms with Gasteiger partial charge in [-0.3, -0.25) is 4.79 Å². The van der Waals surface area contributed by atoms with Crippen molar-refractivity contribution in [3.63, 3.8) is 0 Å². The average molecular weight is 499 g/mol. The molecular formula is C26H30N2O6S. The molecule has 2 unspecified atom stereocenters. The van der Waals surface area contributed by atoms with Crippen LogP contribution in [0.3, 0.4) is 0 Å². The highest BCUT2D eigenvalue weighted by atomic mass is 32.2. The standard InChI is InChI=1S/C26H30N2O6S/c1-16-23(25(30)31)28(12-13-33-16)24(29)22(11-14-35-2)27-26(32)34-15-21-19-9-5-3-7-17(19)18-8-4-6-10-20(18)21/h3-10,16,21-23H,11-15H2,1-2H3,(H,27,32)(H,30,31)/t16?,22-,23?/m1/s1. The minimum absolute atomic E-state index is 0.0926. The number of hydrogen-bond acceptors (Lipinski definition) is 6. The number of rotatable bonds is 8. The molecule has 2 N–H and O–H groups in total. The lowest BCUT2D eigenvalue weighted by Crippen LogP contribution is -2.61. The molecule has 35 heavy (non-hydrogen) atoms. The minimum atomic E-state index is -1.13. The zero-order valence-corrected chi connectivity index (χ0v) is 20.6. The number of alkyl carbamates (subject to hydrolysis) is 1. The zero-order chi connectivity index (χ0) is 24.9. The Kier molecular flexibility index (Phi) is 7.97. The van der Waals surface area contributed by atoms with Crippen LogP contribution in [0.4, 0.5) is 4.79 Å². The van der Waals surface area contributed by atoms with Gasteiger partial charge in [0.1, 0.15) is 12.6 Å². The first-order valence-electron chi connectivity index (χ1n) is 11.7. The number of carboxylic acids is 1. The normalized spacial score (nSPS) is 20.0. The Bertz CT molecular complexity index is 1050. The molecule has 1 aliphatic carbocycles. The lowest BCUT2D eigenvalue weighted by molar-refractivity contribution is -0.165. The Labute approximate surface area is 209 Å². The number of benzene rings is 2. The Morgan fingerprint density at radius 1 is 1.14 bits per heavy atom. The third-order valence-corrected chi connectivity index (χ3v) is 7.22. The maximum Gasteiger partial charge on any atom is 0.407 e. The molecule has 8 nitrogen and oxygen atoms in total. The number of nitrogens with zero attached hydrogens (tertiary/aromatic N) is 1. The van der Waals surface area contributed by atoms with Crippen molar-refractivity contribution >= 4 is 29.7 Å². The number of amides is 2. The second-order valence-corrected chi connectivity index (χ2v) is 9.68. The van der Waals surface area contributed by atoms with Crippen molar-refractivity contribution in [2.75, 3.05) is 31.8 Å². The number of carbonyl (C=O) groups excluding carboxylic acids is 2. The maximum absolute atomic E-state index is 13.3. The number of fused-ring (bicyclic) bond motifs is 3. The van der Waals surface area contributed by atoms with Crippen LogP contribution in [-0.4, -0.2) is 77.9 Å². The molecular weight excluding hydrogens is 468 g/mol. The van der Waals surface area contributed by atoms with Crippen LogP contribution in [0.15, 0.2) is 48.5 Å². The highest BCUT2D eigenvalue weighted by molar-refractivity contribution is 7.98. The number of thioether (sulfide) groups is 1. The molecule has 0 radical (unpaired) electrons. The first-order valence-corrected chi connectivity index (χ1v) is 13.1. The van der Waals surface area contributed by atoms with E-state index in [0.29, 0.717) is 12.2 Å². The van der Waals surface area contributed by atoms with Crippen LogP contribution in [0.5, 0.6) is 0 Å². The summed E-state index contributed by atoms with van der Waals surface area (Å²) >= 11 is 1.54. The fourth-order valence-electron chi connectivity index (χ4n) is 4.88. The van der Waals surface area contributed by atoms with Gasteiger partial charge in [0.2, 0.25) is 5.91 Å². The zero-order valence-electron chi connectivity index (χ0n) is 19.8. The quantitative estimate of drug-likeness (QED) is 0.575. The fraction of sp³-hybridized carbons (Fsp3) is 0.423. The Balaban J connectivity index is 1.45. The second kappa shape index (κ2) is 11.1. The first-order chi connectivity index (χ1) is 16.9. The largest absolute Gasteiger partial charge is 0.480 e. The first kappa shape index (κ1) is 25.1. The van der Waals surface area contributed by atoms with Crippen molar-refractivity contribution in [1.82, 2.24) is 10.2 Å². The lowest BCUT2D eigenvalue weighted by Gasteiger charge is -2.39. The summed E-state index contributed by atoms with van der Waals surface area (Å²) in [5.74, 6) is -1.03. The lowest BCUT2D eigenvalue weighted by atomic mass is 9.98. The van der Waals surface area contributed by atoms with Crippen LogP contribution in [-0.2, 0) is 19.1 Å². The van der Waals surface area contributed by atoms with Crippen LogP contribution in [0.2, 0.25) is 0 Å². The van der Waals surface area contributed by atoms with Crippen LogP contribution < -0.4 is 5.32 Å². The summed E-state index contributed by atoms with van der Waals surface area (Å²) in [7, 11) is 0. The molecule has 1 aliphatic heterocycles. The van der Waals surface area contributed by atoms with E-state index < -0.39 is 36.2 Å². The van der Waals surface area contributed by atoms with E-state index in [1.807, 2.05) is 42.7 Å². The molecule has 0 bridgehead atoms. The van der Waals surface area contributed by atoms with E-state index in [9.17, 15) is 19.5 Å². The summed E-state index contributed by atoms with van der Waals surface area (Å²) < 4.78 is 11.1. The highest BCUT2D eigenvalue weighted by Crippen LogP contribution is 2.44. The van der Waals surface area contributed by atoms with Gasteiger partial charge in [-0.05, 0) is 47.6 Å². The topological polar surface area (TPSA) is 105 Å². The summed E-state index contributed by atoms with van der Waals surface area (Å²) in [4.78, 5) is 39.2. The van der Waals surface area contributed by atoms with Crippen LogP contribution in [0.25, 0.3) is 11.1 Å². The van der Waals surface area contributed by atoms with Crippen LogP contribution in [0, 0.1) is 0 Å².